The van der Waals surface area contributed by atoms with Gasteiger partial charge in [0.25, 0.3) is 5.91 Å². The van der Waals surface area contributed by atoms with Crippen LogP contribution in [0.1, 0.15) is 29.8 Å². The molecule has 2 amide bonds. The number of primary amides is 1. The number of rotatable bonds is 8. The molecule has 9 nitrogen and oxygen atoms in total. The van der Waals surface area contributed by atoms with E-state index < -0.39 is 17.6 Å². The summed E-state index contributed by atoms with van der Waals surface area (Å²) < 4.78 is 0. The molecule has 1 aromatic carbocycles. The molecule has 1 atom stereocenters. The first-order chi connectivity index (χ1) is 18.0. The smallest absolute Gasteiger partial charge is 0.252 e. The molecule has 0 unspecified atom stereocenters. The second-order valence-electron chi connectivity index (χ2n) is 10.2. The van der Waals surface area contributed by atoms with Crippen molar-refractivity contribution in [2.45, 2.75) is 20.3 Å². The molecule has 0 saturated carbocycles. The van der Waals surface area contributed by atoms with E-state index in [0.717, 1.165) is 35.5 Å². The predicted molar refractivity (Wildman–Crippen MR) is 148 cm³/mol. The van der Waals surface area contributed by atoms with E-state index in [-0.39, 0.29) is 23.8 Å². The zero-order valence-corrected chi connectivity index (χ0v) is 22.8. The average Bonchev–Trinajstić information content (AvgIpc) is 2.86. The molecule has 0 spiro atoms. The Balaban J connectivity index is 1.79. The molecule has 38 heavy (non-hydrogen) atoms. The van der Waals surface area contributed by atoms with Gasteiger partial charge in [0.05, 0.1) is 18.0 Å². The number of carbonyl (C=O) groups excluding carboxylic acids is 4. The van der Waals surface area contributed by atoms with Gasteiger partial charge in [-0.25, -0.2) is 0 Å². The fourth-order valence-corrected chi connectivity index (χ4v) is 5.28. The molecule has 3 aliphatic rings. The molecular weight excluding hydrogens is 482 g/mol. The van der Waals surface area contributed by atoms with Crippen molar-refractivity contribution in [1.29, 1.82) is 0 Å². The van der Waals surface area contributed by atoms with Crippen molar-refractivity contribution < 1.29 is 19.2 Å². The standard InChI is InChI=1S/C29H35N5O4/c1-7-34(8-2)15-26(35)31-17-11-21-19(24(12-17)32(3)4)9-16-10-20-22(13-18(16)27(21)36)28(37)23(29(30)38)14-25(20)33(5)6/h10-14,22H,7-9,15H2,1-6H3,(H2,30,38)(H,31,35)/t22-/m1/s1. The van der Waals surface area contributed by atoms with E-state index in [9.17, 15) is 19.2 Å². The Morgan fingerprint density at radius 3 is 2.29 bits per heavy atom. The number of nitrogens with one attached hydrogen (secondary N) is 1. The van der Waals surface area contributed by atoms with Gasteiger partial charge in [-0.1, -0.05) is 26.0 Å². The van der Waals surface area contributed by atoms with Crippen molar-refractivity contribution in [1.82, 2.24) is 9.80 Å². The number of nitrogens with zero attached hydrogens (tertiary/aromatic N) is 3. The number of Topliss-reactive ketones (excluding diaryl/α,β-unsaturated/α-hetero) is 2. The second kappa shape index (κ2) is 10.4. The Kier molecular flexibility index (Phi) is 7.42. The number of amides is 2. The molecule has 0 aliphatic heterocycles. The first-order valence-electron chi connectivity index (χ1n) is 12.8. The summed E-state index contributed by atoms with van der Waals surface area (Å²) in [5, 5.41) is 2.95. The van der Waals surface area contributed by atoms with Crippen LogP contribution in [0.4, 0.5) is 11.4 Å². The summed E-state index contributed by atoms with van der Waals surface area (Å²) in [5.74, 6) is -2.33. The monoisotopic (exact) mass is 517 g/mol. The number of carbonyl (C=O) groups is 4. The maximum atomic E-state index is 13.9. The first kappa shape index (κ1) is 27.1. The minimum absolute atomic E-state index is 0.0760. The summed E-state index contributed by atoms with van der Waals surface area (Å²) >= 11 is 0. The van der Waals surface area contributed by atoms with Crippen LogP contribution in [0.15, 0.2) is 58.4 Å². The van der Waals surface area contributed by atoms with Crippen LogP contribution in [0.25, 0.3) is 0 Å². The molecule has 3 aliphatic carbocycles. The van der Waals surface area contributed by atoms with Crippen LogP contribution < -0.4 is 16.0 Å². The zero-order valence-electron chi connectivity index (χ0n) is 22.8. The number of ketones is 2. The Hall–Kier alpha value is -3.98. The SMILES string of the molecule is CCN(CC)CC(=O)Nc1cc2c(c(N(C)C)c1)CC1=CC3=C(N(C)C)C=C(C(N)=O)C(=O)[C@@H]3C=C1C2=O. The number of hydrogen-bond acceptors (Lipinski definition) is 7. The molecule has 0 aromatic heterocycles. The Labute approximate surface area is 223 Å². The molecule has 0 heterocycles. The number of fused-ring (bicyclic) bond motifs is 3. The molecule has 3 N–H and O–H groups in total. The summed E-state index contributed by atoms with van der Waals surface area (Å²) in [6, 6.07) is 3.61. The summed E-state index contributed by atoms with van der Waals surface area (Å²) in [4.78, 5) is 57.5. The molecule has 9 heteroatoms. The average molecular weight is 518 g/mol. The molecule has 0 fully saturated rings. The molecule has 0 bridgehead atoms. The number of nitrogens with two attached hydrogens (primary N) is 1. The highest BCUT2D eigenvalue weighted by Crippen LogP contribution is 2.43. The molecule has 0 radical (unpaired) electrons. The quantitative estimate of drug-likeness (QED) is 0.507. The van der Waals surface area contributed by atoms with Gasteiger partial charge in [-0.3, -0.25) is 24.1 Å². The van der Waals surface area contributed by atoms with E-state index in [4.69, 9.17) is 5.73 Å². The number of benzene rings is 1. The lowest BCUT2D eigenvalue weighted by Gasteiger charge is -2.34. The lowest BCUT2D eigenvalue weighted by molar-refractivity contribution is -0.122. The van der Waals surface area contributed by atoms with Crippen LogP contribution >= 0.6 is 0 Å². The van der Waals surface area contributed by atoms with Crippen molar-refractivity contribution in [2.24, 2.45) is 11.7 Å². The normalized spacial score (nSPS) is 18.2. The summed E-state index contributed by atoms with van der Waals surface area (Å²) in [5.41, 5.74) is 10.9. The fourth-order valence-electron chi connectivity index (χ4n) is 5.28. The molecule has 0 saturated heterocycles. The molecule has 4 rings (SSSR count). The van der Waals surface area contributed by atoms with Crippen molar-refractivity contribution >= 4 is 34.8 Å². The van der Waals surface area contributed by atoms with Crippen molar-refractivity contribution in [3.8, 4) is 0 Å². The van der Waals surface area contributed by atoms with Gasteiger partial charge in [0.15, 0.2) is 11.6 Å². The van der Waals surface area contributed by atoms with E-state index in [0.29, 0.717) is 28.9 Å². The van der Waals surface area contributed by atoms with Crippen LogP contribution in [-0.2, 0) is 20.8 Å². The lowest BCUT2D eigenvalue weighted by Crippen LogP contribution is -2.34. The maximum Gasteiger partial charge on any atom is 0.252 e. The lowest BCUT2D eigenvalue weighted by atomic mass is 9.72. The number of likely N-dealkylation sites (N-methyl/N-ethyl adjacent to an activating group) is 2. The van der Waals surface area contributed by atoms with Crippen molar-refractivity contribution in [3.63, 3.8) is 0 Å². The maximum absolute atomic E-state index is 13.9. The van der Waals surface area contributed by atoms with Gasteiger partial charge in [-0.05, 0) is 48.0 Å². The highest BCUT2D eigenvalue weighted by atomic mass is 16.2. The van der Waals surface area contributed by atoms with E-state index in [2.05, 4.69) is 5.32 Å². The van der Waals surface area contributed by atoms with Crippen LogP contribution in [-0.4, -0.2) is 81.0 Å². The predicted octanol–water partition coefficient (Wildman–Crippen LogP) is 2.06. The van der Waals surface area contributed by atoms with Gasteiger partial charge in [0.1, 0.15) is 0 Å². The Bertz CT molecular complexity index is 1360. The minimum atomic E-state index is -0.789. The number of anilines is 2. The van der Waals surface area contributed by atoms with Crippen molar-refractivity contribution in [3.05, 3.63) is 69.5 Å². The fraction of sp³-hybridized carbons (Fsp3) is 0.379. The highest BCUT2D eigenvalue weighted by molar-refractivity contribution is 6.23. The van der Waals surface area contributed by atoms with Gasteiger partial charge in [0, 0.05) is 62.8 Å². The van der Waals surface area contributed by atoms with E-state index >= 15 is 0 Å². The third kappa shape index (κ3) is 4.81. The largest absolute Gasteiger partial charge is 0.377 e. The van der Waals surface area contributed by atoms with E-state index in [1.165, 1.54) is 6.08 Å². The highest BCUT2D eigenvalue weighted by Gasteiger charge is 2.39. The number of allylic oxidation sites excluding steroid dienone is 6. The van der Waals surface area contributed by atoms with Crippen LogP contribution in [0.3, 0.4) is 0 Å². The van der Waals surface area contributed by atoms with Gasteiger partial charge >= 0.3 is 0 Å². The third-order valence-electron chi connectivity index (χ3n) is 7.33. The minimum Gasteiger partial charge on any atom is -0.377 e. The summed E-state index contributed by atoms with van der Waals surface area (Å²) in [7, 11) is 7.48. The van der Waals surface area contributed by atoms with Crippen molar-refractivity contribution in [2.75, 3.05) is 58.0 Å². The Morgan fingerprint density at radius 2 is 1.71 bits per heavy atom. The summed E-state index contributed by atoms with van der Waals surface area (Å²) in [6.45, 7) is 5.79. The van der Waals surface area contributed by atoms with Crippen LogP contribution in [0.2, 0.25) is 0 Å². The molecular formula is C29H35N5O4. The van der Waals surface area contributed by atoms with Gasteiger partial charge in [0.2, 0.25) is 5.91 Å². The van der Waals surface area contributed by atoms with Gasteiger partial charge < -0.3 is 20.9 Å². The number of hydrogen-bond donors (Lipinski definition) is 2. The second-order valence-corrected chi connectivity index (χ2v) is 10.2. The first-order valence-corrected chi connectivity index (χ1v) is 12.8. The van der Waals surface area contributed by atoms with Crippen LogP contribution in [0.5, 0.6) is 0 Å². The third-order valence-corrected chi connectivity index (χ3v) is 7.33. The molecule has 200 valence electrons. The van der Waals surface area contributed by atoms with Gasteiger partial charge in [-0.2, -0.15) is 0 Å². The van der Waals surface area contributed by atoms with Crippen LogP contribution in [0, 0.1) is 5.92 Å². The van der Waals surface area contributed by atoms with E-state index in [1.54, 1.807) is 12.1 Å². The van der Waals surface area contributed by atoms with E-state index in [1.807, 2.05) is 68.9 Å². The molecule has 1 aromatic rings. The Morgan fingerprint density at radius 1 is 1.03 bits per heavy atom. The van der Waals surface area contributed by atoms with Gasteiger partial charge in [-0.15, -0.1) is 0 Å². The zero-order chi connectivity index (χ0) is 27.9. The summed E-state index contributed by atoms with van der Waals surface area (Å²) in [6.07, 6.45) is 5.59. The topological polar surface area (TPSA) is 116 Å².